The van der Waals surface area contributed by atoms with E-state index in [0.717, 1.165) is 32.1 Å². The molecule has 0 aliphatic heterocycles. The molecule has 1 rings (SSSR count). The largest absolute Gasteiger partial charge is 0.386 e. The molecule has 1 radical (unpaired) electrons. The fourth-order valence-electron chi connectivity index (χ4n) is 4.81. The summed E-state index contributed by atoms with van der Waals surface area (Å²) in [5.41, 5.74) is -0.884. The highest BCUT2D eigenvalue weighted by atomic mass is 16.3. The summed E-state index contributed by atoms with van der Waals surface area (Å²) in [6.45, 7) is 4.51. The predicted octanol–water partition coefficient (Wildman–Crippen LogP) is 8.09. The van der Waals surface area contributed by atoms with Gasteiger partial charge in [-0.15, -0.1) is 0 Å². The molecule has 1 fully saturated rings. The first-order valence-corrected chi connectivity index (χ1v) is 12.4. The Hall–Kier alpha value is -0.0800. The molecule has 0 spiro atoms. The molecule has 0 heterocycles. The Balaban J connectivity index is 2.19. The molecular weight excluding hydrogens is 332 g/mol. The maximum absolute atomic E-state index is 11.2. The van der Waals surface area contributed by atoms with Crippen LogP contribution in [0.5, 0.6) is 0 Å². The van der Waals surface area contributed by atoms with Crippen LogP contribution >= 0.6 is 0 Å². The molecule has 0 aromatic rings. The van der Waals surface area contributed by atoms with Gasteiger partial charge in [0.1, 0.15) is 6.10 Å². The molecule has 0 aromatic heterocycles. The summed E-state index contributed by atoms with van der Waals surface area (Å²) in [6, 6.07) is 0. The van der Waals surface area contributed by atoms with Crippen molar-refractivity contribution in [3.05, 3.63) is 6.10 Å². The molecule has 27 heavy (non-hydrogen) atoms. The Bertz CT molecular complexity index is 330. The highest BCUT2D eigenvalue weighted by Gasteiger charge is 2.44. The van der Waals surface area contributed by atoms with Gasteiger partial charge in [0.2, 0.25) is 0 Å². The quantitative estimate of drug-likeness (QED) is 0.250. The Kier molecular flexibility index (Phi) is 14.6. The lowest BCUT2D eigenvalue weighted by Crippen LogP contribution is -2.46. The molecule has 0 bridgehead atoms. The molecule has 0 aromatic carbocycles. The molecule has 1 aliphatic carbocycles. The zero-order chi connectivity index (χ0) is 19.8. The third-order valence-corrected chi connectivity index (χ3v) is 6.71. The van der Waals surface area contributed by atoms with Gasteiger partial charge >= 0.3 is 0 Å². The smallest absolute Gasteiger partial charge is 0.125 e. The number of hydrogen-bond donors (Lipinski definition) is 2. The second-order valence-electron chi connectivity index (χ2n) is 9.09. The van der Waals surface area contributed by atoms with Gasteiger partial charge in [-0.05, 0) is 31.6 Å². The number of hydrogen-bond acceptors (Lipinski definition) is 2. The molecule has 161 valence electrons. The maximum Gasteiger partial charge on any atom is 0.125 e. The van der Waals surface area contributed by atoms with Crippen molar-refractivity contribution in [1.29, 1.82) is 0 Å². The second-order valence-corrected chi connectivity index (χ2v) is 9.09. The van der Waals surface area contributed by atoms with E-state index in [0.29, 0.717) is 12.5 Å². The van der Waals surface area contributed by atoms with E-state index >= 15 is 0 Å². The number of aliphatic hydroxyl groups excluding tert-OH is 1. The van der Waals surface area contributed by atoms with Crippen molar-refractivity contribution in [2.75, 3.05) is 0 Å². The van der Waals surface area contributed by atoms with Gasteiger partial charge in [-0.1, -0.05) is 117 Å². The topological polar surface area (TPSA) is 40.5 Å². The van der Waals surface area contributed by atoms with Crippen molar-refractivity contribution in [1.82, 2.24) is 0 Å². The van der Waals surface area contributed by atoms with Gasteiger partial charge in [-0.25, -0.2) is 0 Å². The van der Waals surface area contributed by atoms with Gasteiger partial charge in [0, 0.05) is 0 Å². The molecule has 2 heteroatoms. The molecule has 1 aliphatic rings. The Morgan fingerprint density at radius 3 is 1.67 bits per heavy atom. The monoisotopic (exact) mass is 381 g/mol. The van der Waals surface area contributed by atoms with E-state index in [9.17, 15) is 10.2 Å². The van der Waals surface area contributed by atoms with E-state index in [1.54, 1.807) is 0 Å². The van der Waals surface area contributed by atoms with E-state index in [4.69, 9.17) is 0 Å². The highest BCUT2D eigenvalue weighted by molar-refractivity contribution is 5.06. The molecule has 2 N–H and O–H groups in total. The van der Waals surface area contributed by atoms with E-state index in [-0.39, 0.29) is 5.92 Å². The Morgan fingerprint density at radius 1 is 0.704 bits per heavy atom. The van der Waals surface area contributed by atoms with Crippen LogP contribution in [0, 0.1) is 12.0 Å². The summed E-state index contributed by atoms with van der Waals surface area (Å²) in [6.07, 6.45) is 24.8. The van der Waals surface area contributed by atoms with Crippen molar-refractivity contribution >= 4 is 0 Å². The van der Waals surface area contributed by atoms with E-state index in [1.807, 2.05) is 0 Å². The van der Waals surface area contributed by atoms with Crippen LogP contribution < -0.4 is 0 Å². The first-order valence-electron chi connectivity index (χ1n) is 12.4. The average molecular weight is 382 g/mol. The SMILES string of the molecule is CCCCCCCCCCCCCC(CCCCC)C1(O)CCCC[C]1O. The summed E-state index contributed by atoms with van der Waals surface area (Å²) in [7, 11) is 0. The lowest BCUT2D eigenvalue weighted by Gasteiger charge is -2.42. The van der Waals surface area contributed by atoms with Crippen LogP contribution in [0.1, 0.15) is 142 Å². The lowest BCUT2D eigenvalue weighted by molar-refractivity contribution is -0.0856. The van der Waals surface area contributed by atoms with Crippen LogP contribution in [0.15, 0.2) is 0 Å². The van der Waals surface area contributed by atoms with Crippen LogP contribution in [0.2, 0.25) is 0 Å². The molecule has 0 amide bonds. The van der Waals surface area contributed by atoms with Crippen molar-refractivity contribution in [2.24, 2.45) is 5.92 Å². The minimum Gasteiger partial charge on any atom is -0.386 e. The van der Waals surface area contributed by atoms with Crippen molar-refractivity contribution in [2.45, 2.75) is 148 Å². The minimum atomic E-state index is -0.884. The number of rotatable bonds is 17. The van der Waals surface area contributed by atoms with Crippen LogP contribution in [0.3, 0.4) is 0 Å². The van der Waals surface area contributed by atoms with Crippen molar-refractivity contribution in [3.8, 4) is 0 Å². The molecule has 2 nitrogen and oxygen atoms in total. The van der Waals surface area contributed by atoms with Gasteiger partial charge in [-0.2, -0.15) is 0 Å². The van der Waals surface area contributed by atoms with Gasteiger partial charge in [0.15, 0.2) is 0 Å². The normalized spacial score (nSPS) is 22.2. The second kappa shape index (κ2) is 15.8. The Labute approximate surface area is 170 Å². The summed E-state index contributed by atoms with van der Waals surface area (Å²) in [5.74, 6) is 0.267. The van der Waals surface area contributed by atoms with Gasteiger partial charge < -0.3 is 10.2 Å². The van der Waals surface area contributed by atoms with Gasteiger partial charge in [-0.3, -0.25) is 0 Å². The fraction of sp³-hybridized carbons (Fsp3) is 0.960. The summed E-state index contributed by atoms with van der Waals surface area (Å²) < 4.78 is 0. The zero-order valence-electron chi connectivity index (χ0n) is 18.6. The molecule has 2 unspecified atom stereocenters. The van der Waals surface area contributed by atoms with Crippen LogP contribution in [-0.2, 0) is 0 Å². The van der Waals surface area contributed by atoms with Crippen LogP contribution in [0.4, 0.5) is 0 Å². The molecule has 0 saturated heterocycles. The molecule has 2 atom stereocenters. The lowest BCUT2D eigenvalue weighted by atomic mass is 9.70. The van der Waals surface area contributed by atoms with Crippen LogP contribution in [-0.4, -0.2) is 15.8 Å². The van der Waals surface area contributed by atoms with E-state index in [2.05, 4.69) is 13.8 Å². The minimum absolute atomic E-state index is 0.267. The summed E-state index contributed by atoms with van der Waals surface area (Å²) in [5, 5.41) is 21.6. The summed E-state index contributed by atoms with van der Waals surface area (Å²) >= 11 is 0. The standard InChI is InChI=1S/C25H49O2/c1-3-5-7-8-9-10-11-12-13-14-16-20-23(19-15-6-4-2)25(27)22-18-17-21-24(25)26/h23,26-27H,3-22H2,1-2H3. The Morgan fingerprint density at radius 2 is 1.15 bits per heavy atom. The van der Waals surface area contributed by atoms with E-state index in [1.165, 1.54) is 89.9 Å². The summed E-state index contributed by atoms with van der Waals surface area (Å²) in [4.78, 5) is 0. The van der Waals surface area contributed by atoms with Crippen molar-refractivity contribution < 1.29 is 10.2 Å². The molecule has 1 saturated carbocycles. The first kappa shape index (κ1) is 25.0. The van der Waals surface area contributed by atoms with E-state index < -0.39 is 5.60 Å². The van der Waals surface area contributed by atoms with Crippen molar-refractivity contribution in [3.63, 3.8) is 0 Å². The first-order chi connectivity index (χ1) is 13.1. The zero-order valence-corrected chi connectivity index (χ0v) is 18.6. The molecular formula is C25H49O2. The number of unbranched alkanes of at least 4 members (excludes halogenated alkanes) is 12. The van der Waals surface area contributed by atoms with Gasteiger partial charge in [0.05, 0.1) is 5.60 Å². The third-order valence-electron chi connectivity index (χ3n) is 6.71. The number of aliphatic hydroxyl groups is 2. The fourth-order valence-corrected chi connectivity index (χ4v) is 4.81. The average Bonchev–Trinajstić information content (AvgIpc) is 2.67. The predicted molar refractivity (Wildman–Crippen MR) is 117 cm³/mol. The van der Waals surface area contributed by atoms with Gasteiger partial charge in [0.25, 0.3) is 0 Å². The maximum atomic E-state index is 11.2. The third kappa shape index (κ3) is 10.3. The highest BCUT2D eigenvalue weighted by Crippen LogP contribution is 2.43. The van der Waals surface area contributed by atoms with Crippen LogP contribution in [0.25, 0.3) is 0 Å².